The summed E-state index contributed by atoms with van der Waals surface area (Å²) in [6.07, 6.45) is 3.51. The lowest BCUT2D eigenvalue weighted by atomic mass is 10.0. The highest BCUT2D eigenvalue weighted by atomic mass is 32.2. The van der Waals surface area contributed by atoms with Gasteiger partial charge >= 0.3 is 0 Å². The first-order valence-electron chi connectivity index (χ1n) is 5.19. The Hall–Kier alpha value is -0.690. The molecule has 0 aliphatic heterocycles. The van der Waals surface area contributed by atoms with Gasteiger partial charge < -0.3 is 5.32 Å². The molecule has 0 heterocycles. The Kier molecular flexibility index (Phi) is 6.42. The summed E-state index contributed by atoms with van der Waals surface area (Å²) in [7, 11) is 0. The third-order valence-corrected chi connectivity index (χ3v) is 3.54. The van der Waals surface area contributed by atoms with Crippen LogP contribution in [0.15, 0.2) is 0 Å². The van der Waals surface area contributed by atoms with Crippen molar-refractivity contribution in [2.75, 3.05) is 12.8 Å². The van der Waals surface area contributed by atoms with Gasteiger partial charge in [-0.2, -0.15) is 17.0 Å². The maximum Gasteiger partial charge on any atom is 0.237 e. The van der Waals surface area contributed by atoms with E-state index in [4.69, 9.17) is 5.26 Å². The Labute approximate surface area is 96.6 Å². The minimum absolute atomic E-state index is 0.0296. The first-order chi connectivity index (χ1) is 6.96. The van der Waals surface area contributed by atoms with E-state index in [-0.39, 0.29) is 10.7 Å². The van der Waals surface area contributed by atoms with Gasteiger partial charge in [-0.3, -0.25) is 4.79 Å². The Morgan fingerprint density at radius 1 is 1.60 bits per heavy atom. The first-order valence-corrected chi connectivity index (χ1v) is 6.41. The molecule has 0 radical (unpaired) electrons. The average molecular weight is 228 g/mol. The van der Waals surface area contributed by atoms with Crippen LogP contribution < -0.4 is 5.32 Å². The van der Waals surface area contributed by atoms with Crippen LogP contribution in [0.3, 0.4) is 0 Å². The molecule has 0 saturated heterocycles. The molecule has 0 fully saturated rings. The van der Waals surface area contributed by atoms with Gasteiger partial charge in [0.1, 0.15) is 5.92 Å². The number of hydrogen-bond donors (Lipinski definition) is 1. The van der Waals surface area contributed by atoms with Gasteiger partial charge in [0.25, 0.3) is 0 Å². The summed E-state index contributed by atoms with van der Waals surface area (Å²) >= 11 is 1.70. The van der Waals surface area contributed by atoms with E-state index in [0.29, 0.717) is 13.0 Å². The quantitative estimate of drug-likeness (QED) is 0.758. The molecule has 0 rings (SSSR count). The topological polar surface area (TPSA) is 52.9 Å². The van der Waals surface area contributed by atoms with Crippen molar-refractivity contribution >= 4 is 17.7 Å². The predicted octanol–water partition coefficient (Wildman–Crippen LogP) is 2.18. The molecule has 3 nitrogen and oxygen atoms in total. The van der Waals surface area contributed by atoms with Gasteiger partial charge in [-0.15, -0.1) is 0 Å². The summed E-state index contributed by atoms with van der Waals surface area (Å²) in [4.78, 5) is 11.6. The molecule has 86 valence electrons. The minimum atomic E-state index is -0.493. The molecule has 1 unspecified atom stereocenters. The fourth-order valence-electron chi connectivity index (χ4n) is 1.04. The molecule has 0 bridgehead atoms. The molecular formula is C11H20N2OS. The molecule has 0 aliphatic carbocycles. The minimum Gasteiger partial charge on any atom is -0.354 e. The van der Waals surface area contributed by atoms with E-state index in [1.54, 1.807) is 11.8 Å². The number of amides is 1. The van der Waals surface area contributed by atoms with Gasteiger partial charge in [0.2, 0.25) is 5.91 Å². The Bertz CT molecular complexity index is 245. The SMILES string of the molecule is CCCC(C#N)C(=O)NCC(C)(C)SC. The lowest BCUT2D eigenvalue weighted by Crippen LogP contribution is -2.39. The van der Waals surface area contributed by atoms with Crippen molar-refractivity contribution in [3.63, 3.8) is 0 Å². The van der Waals surface area contributed by atoms with Crippen molar-refractivity contribution in [3.8, 4) is 6.07 Å². The van der Waals surface area contributed by atoms with E-state index in [1.165, 1.54) is 0 Å². The predicted molar refractivity (Wildman–Crippen MR) is 64.6 cm³/mol. The number of carbonyl (C=O) groups is 1. The zero-order valence-corrected chi connectivity index (χ0v) is 10.8. The van der Waals surface area contributed by atoms with Gasteiger partial charge in [-0.1, -0.05) is 13.3 Å². The summed E-state index contributed by atoms with van der Waals surface area (Å²) in [5, 5.41) is 11.6. The van der Waals surface area contributed by atoms with E-state index in [2.05, 4.69) is 19.2 Å². The van der Waals surface area contributed by atoms with Crippen LogP contribution in [-0.2, 0) is 4.79 Å². The van der Waals surface area contributed by atoms with E-state index >= 15 is 0 Å². The number of nitrogens with zero attached hydrogens (tertiary/aromatic N) is 1. The van der Waals surface area contributed by atoms with Gasteiger partial charge in [-0.05, 0) is 26.5 Å². The maximum atomic E-state index is 11.6. The van der Waals surface area contributed by atoms with E-state index in [1.807, 2.05) is 19.2 Å². The first kappa shape index (κ1) is 14.3. The molecule has 4 heteroatoms. The molecule has 0 spiro atoms. The zero-order chi connectivity index (χ0) is 11.9. The third kappa shape index (κ3) is 5.68. The fourth-order valence-corrected chi connectivity index (χ4v) is 1.25. The second kappa shape index (κ2) is 6.73. The van der Waals surface area contributed by atoms with Crippen LogP contribution in [-0.4, -0.2) is 23.5 Å². The molecule has 0 aromatic heterocycles. The van der Waals surface area contributed by atoms with E-state index < -0.39 is 5.92 Å². The van der Waals surface area contributed by atoms with Gasteiger partial charge in [0, 0.05) is 11.3 Å². The smallest absolute Gasteiger partial charge is 0.237 e. The van der Waals surface area contributed by atoms with Crippen LogP contribution >= 0.6 is 11.8 Å². The summed E-state index contributed by atoms with van der Waals surface area (Å²) in [6.45, 7) is 6.72. The van der Waals surface area contributed by atoms with Crippen LogP contribution in [0.2, 0.25) is 0 Å². The van der Waals surface area contributed by atoms with Crippen LogP contribution in [0.25, 0.3) is 0 Å². The maximum absolute atomic E-state index is 11.6. The molecule has 15 heavy (non-hydrogen) atoms. The van der Waals surface area contributed by atoms with E-state index in [0.717, 1.165) is 6.42 Å². The number of nitrogens with one attached hydrogen (secondary N) is 1. The van der Waals surface area contributed by atoms with Crippen molar-refractivity contribution in [2.45, 2.75) is 38.4 Å². The number of thioether (sulfide) groups is 1. The summed E-state index contributed by atoms with van der Waals surface area (Å²) < 4.78 is 0.0296. The number of carbonyl (C=O) groups excluding carboxylic acids is 1. The summed E-state index contributed by atoms with van der Waals surface area (Å²) in [5.74, 6) is -0.630. The van der Waals surface area contributed by atoms with Crippen LogP contribution in [0.4, 0.5) is 0 Å². The van der Waals surface area contributed by atoms with Gasteiger partial charge in [0.05, 0.1) is 6.07 Å². The third-order valence-electron chi connectivity index (χ3n) is 2.29. The zero-order valence-electron chi connectivity index (χ0n) is 9.96. The van der Waals surface area contributed by atoms with Crippen molar-refractivity contribution in [1.29, 1.82) is 5.26 Å². The lowest BCUT2D eigenvalue weighted by Gasteiger charge is -2.22. The average Bonchev–Trinajstić information content (AvgIpc) is 2.22. The standard InChI is InChI=1S/C11H20N2OS/c1-5-6-9(7-12)10(14)13-8-11(2,3)15-4/h9H,5-6,8H2,1-4H3,(H,13,14). The Balaban J connectivity index is 4.08. The highest BCUT2D eigenvalue weighted by molar-refractivity contribution is 7.99. The second-order valence-corrected chi connectivity index (χ2v) is 5.67. The van der Waals surface area contributed by atoms with Crippen molar-refractivity contribution in [2.24, 2.45) is 5.92 Å². The van der Waals surface area contributed by atoms with Crippen molar-refractivity contribution in [3.05, 3.63) is 0 Å². The van der Waals surface area contributed by atoms with Gasteiger partial charge in [0.15, 0.2) is 0 Å². The lowest BCUT2D eigenvalue weighted by molar-refractivity contribution is -0.123. The largest absolute Gasteiger partial charge is 0.354 e. The fraction of sp³-hybridized carbons (Fsp3) is 0.818. The summed E-state index contributed by atoms with van der Waals surface area (Å²) in [5.41, 5.74) is 0. The molecule has 1 N–H and O–H groups in total. The van der Waals surface area contributed by atoms with Crippen molar-refractivity contribution < 1.29 is 4.79 Å². The normalized spacial score (nSPS) is 13.0. The molecule has 0 saturated carbocycles. The van der Waals surface area contributed by atoms with Crippen molar-refractivity contribution in [1.82, 2.24) is 5.32 Å². The molecule has 1 atom stereocenters. The molecule has 0 aromatic carbocycles. The van der Waals surface area contributed by atoms with Crippen LogP contribution in [0.5, 0.6) is 0 Å². The van der Waals surface area contributed by atoms with Crippen LogP contribution in [0, 0.1) is 17.2 Å². The highest BCUT2D eigenvalue weighted by Gasteiger charge is 2.21. The highest BCUT2D eigenvalue weighted by Crippen LogP contribution is 2.19. The van der Waals surface area contributed by atoms with E-state index in [9.17, 15) is 4.79 Å². The number of rotatable bonds is 6. The second-order valence-electron chi connectivity index (χ2n) is 4.15. The number of hydrogen-bond acceptors (Lipinski definition) is 3. The molecular weight excluding hydrogens is 208 g/mol. The molecule has 0 aromatic rings. The molecule has 0 aliphatic rings. The Morgan fingerprint density at radius 2 is 2.20 bits per heavy atom. The molecule has 1 amide bonds. The number of nitriles is 1. The monoisotopic (exact) mass is 228 g/mol. The van der Waals surface area contributed by atoms with Crippen LogP contribution in [0.1, 0.15) is 33.6 Å². The summed E-state index contributed by atoms with van der Waals surface area (Å²) in [6, 6.07) is 2.04. The Morgan fingerprint density at radius 3 is 2.60 bits per heavy atom. The van der Waals surface area contributed by atoms with Gasteiger partial charge in [-0.25, -0.2) is 0 Å².